The molecule has 0 spiro atoms. The topological polar surface area (TPSA) is 67.0 Å². The molecule has 0 saturated heterocycles. The van der Waals surface area contributed by atoms with Crippen LogP contribution in [0.2, 0.25) is 0 Å². The summed E-state index contributed by atoms with van der Waals surface area (Å²) in [6.45, 7) is 2.08. The van der Waals surface area contributed by atoms with Gasteiger partial charge in [0.05, 0.1) is 17.8 Å². The zero-order valence-electron chi connectivity index (χ0n) is 14.9. The summed E-state index contributed by atoms with van der Waals surface area (Å²) < 4.78 is 6.26. The maximum Gasteiger partial charge on any atom is 0.223 e. The molecule has 1 heterocycles. The number of benzene rings is 1. The molecule has 25 heavy (non-hydrogen) atoms. The molecule has 5 nitrogen and oxygen atoms in total. The van der Waals surface area contributed by atoms with Crippen molar-refractivity contribution >= 4 is 16.8 Å². The van der Waals surface area contributed by atoms with Gasteiger partial charge in [0.2, 0.25) is 5.91 Å². The van der Waals surface area contributed by atoms with E-state index < -0.39 is 0 Å². The second-order valence-corrected chi connectivity index (χ2v) is 7.60. The summed E-state index contributed by atoms with van der Waals surface area (Å²) >= 11 is 0. The van der Waals surface area contributed by atoms with E-state index in [0.29, 0.717) is 6.04 Å². The number of aryl methyl sites for hydroxylation is 1. The van der Waals surface area contributed by atoms with E-state index in [1.165, 1.54) is 12.8 Å². The number of aromatic amines is 1. The SMILES string of the molecule is Cc1c(O[C@H]2CC[C@H](NC(=O)C3CCCC3)CC2)ccc2[nH]ncc12. The number of aromatic nitrogens is 2. The number of H-pyrrole nitrogens is 1. The lowest BCUT2D eigenvalue weighted by Gasteiger charge is -2.30. The van der Waals surface area contributed by atoms with Gasteiger partial charge in [-0.25, -0.2) is 0 Å². The molecular weight excluding hydrogens is 314 g/mol. The highest BCUT2D eigenvalue weighted by Crippen LogP contribution is 2.30. The third kappa shape index (κ3) is 3.51. The van der Waals surface area contributed by atoms with E-state index >= 15 is 0 Å². The van der Waals surface area contributed by atoms with Crippen LogP contribution in [-0.2, 0) is 4.79 Å². The Labute approximate surface area is 148 Å². The number of carbonyl (C=O) groups excluding carboxylic acids is 1. The molecule has 2 aromatic rings. The molecule has 134 valence electrons. The Morgan fingerprint density at radius 1 is 1.16 bits per heavy atom. The lowest BCUT2D eigenvalue weighted by molar-refractivity contribution is -0.125. The van der Waals surface area contributed by atoms with Crippen LogP contribution in [0.15, 0.2) is 18.3 Å². The van der Waals surface area contributed by atoms with Crippen molar-refractivity contribution < 1.29 is 9.53 Å². The highest BCUT2D eigenvalue weighted by Gasteiger charge is 2.28. The Hall–Kier alpha value is -2.04. The van der Waals surface area contributed by atoms with Gasteiger partial charge in [0.15, 0.2) is 0 Å². The molecule has 5 heteroatoms. The normalized spacial score (nSPS) is 24.5. The van der Waals surface area contributed by atoms with E-state index in [0.717, 1.165) is 60.7 Å². The fourth-order valence-corrected chi connectivity index (χ4v) is 4.28. The molecule has 0 atom stereocenters. The van der Waals surface area contributed by atoms with E-state index in [9.17, 15) is 4.79 Å². The van der Waals surface area contributed by atoms with Gasteiger partial charge in [-0.3, -0.25) is 9.89 Å². The first-order valence-corrected chi connectivity index (χ1v) is 9.60. The van der Waals surface area contributed by atoms with Crippen molar-refractivity contribution in [1.29, 1.82) is 0 Å². The van der Waals surface area contributed by atoms with E-state index in [-0.39, 0.29) is 17.9 Å². The first-order chi connectivity index (χ1) is 12.2. The Morgan fingerprint density at radius 2 is 1.92 bits per heavy atom. The Balaban J connectivity index is 1.31. The lowest BCUT2D eigenvalue weighted by atomic mass is 9.92. The van der Waals surface area contributed by atoms with Crippen LogP contribution in [0.25, 0.3) is 10.9 Å². The summed E-state index contributed by atoms with van der Waals surface area (Å²) in [4.78, 5) is 12.3. The van der Waals surface area contributed by atoms with Gasteiger partial charge in [-0.1, -0.05) is 12.8 Å². The number of hydrogen-bond acceptors (Lipinski definition) is 3. The summed E-state index contributed by atoms with van der Waals surface area (Å²) in [5, 5.41) is 11.5. The molecule has 1 amide bonds. The average Bonchev–Trinajstić information content (AvgIpc) is 3.30. The molecule has 2 aliphatic carbocycles. The molecule has 2 N–H and O–H groups in total. The van der Waals surface area contributed by atoms with Gasteiger partial charge in [0.25, 0.3) is 0 Å². The summed E-state index contributed by atoms with van der Waals surface area (Å²) in [7, 11) is 0. The maximum atomic E-state index is 12.3. The minimum Gasteiger partial charge on any atom is -0.490 e. The van der Waals surface area contributed by atoms with E-state index in [1.54, 1.807) is 0 Å². The average molecular weight is 341 g/mol. The third-order valence-electron chi connectivity index (χ3n) is 5.88. The number of hydrogen-bond donors (Lipinski definition) is 2. The zero-order chi connectivity index (χ0) is 17.2. The molecular formula is C20H27N3O2. The van der Waals surface area contributed by atoms with Gasteiger partial charge in [0.1, 0.15) is 5.75 Å². The van der Waals surface area contributed by atoms with Crippen LogP contribution < -0.4 is 10.1 Å². The summed E-state index contributed by atoms with van der Waals surface area (Å²) in [6.07, 6.45) is 10.7. The summed E-state index contributed by atoms with van der Waals surface area (Å²) in [5.74, 6) is 1.49. The van der Waals surface area contributed by atoms with Gasteiger partial charge in [0, 0.05) is 22.9 Å². The van der Waals surface area contributed by atoms with Crippen LogP contribution >= 0.6 is 0 Å². The third-order valence-corrected chi connectivity index (χ3v) is 5.88. The van der Waals surface area contributed by atoms with Gasteiger partial charge in [-0.05, 0) is 57.6 Å². The van der Waals surface area contributed by atoms with E-state index in [2.05, 4.69) is 22.4 Å². The van der Waals surface area contributed by atoms with Crippen molar-refractivity contribution in [1.82, 2.24) is 15.5 Å². The van der Waals surface area contributed by atoms with Gasteiger partial charge in [-0.2, -0.15) is 5.10 Å². The van der Waals surface area contributed by atoms with Crippen molar-refractivity contribution in [2.24, 2.45) is 5.92 Å². The molecule has 1 aromatic carbocycles. The molecule has 0 bridgehead atoms. The highest BCUT2D eigenvalue weighted by atomic mass is 16.5. The number of amides is 1. The van der Waals surface area contributed by atoms with Crippen LogP contribution in [0, 0.1) is 12.8 Å². The van der Waals surface area contributed by atoms with Crippen LogP contribution in [-0.4, -0.2) is 28.3 Å². The smallest absolute Gasteiger partial charge is 0.223 e. The Bertz CT molecular complexity index is 740. The molecule has 0 radical (unpaired) electrons. The van der Waals surface area contributed by atoms with Gasteiger partial charge < -0.3 is 10.1 Å². The molecule has 0 aliphatic heterocycles. The number of nitrogens with zero attached hydrogens (tertiary/aromatic N) is 1. The zero-order valence-corrected chi connectivity index (χ0v) is 14.9. The standard InChI is InChI=1S/C20H27N3O2/c1-13-17-12-21-23-18(17)10-11-19(13)25-16-8-6-15(7-9-16)22-20(24)14-4-2-3-5-14/h10-12,14-16H,2-9H2,1H3,(H,21,23)(H,22,24)/t15-,16-. The second kappa shape index (κ2) is 7.06. The molecule has 2 aliphatic rings. The van der Waals surface area contributed by atoms with E-state index in [1.807, 2.05) is 18.3 Å². The maximum absolute atomic E-state index is 12.3. The molecule has 1 aromatic heterocycles. The van der Waals surface area contributed by atoms with Crippen molar-refractivity contribution in [2.75, 3.05) is 0 Å². The number of carbonyl (C=O) groups is 1. The van der Waals surface area contributed by atoms with Gasteiger partial charge >= 0.3 is 0 Å². The molecule has 0 unspecified atom stereocenters. The monoisotopic (exact) mass is 341 g/mol. The molecule has 4 rings (SSSR count). The number of rotatable bonds is 4. The van der Waals surface area contributed by atoms with Crippen molar-refractivity contribution in [3.8, 4) is 5.75 Å². The van der Waals surface area contributed by atoms with Crippen molar-refractivity contribution in [3.05, 3.63) is 23.9 Å². The Kier molecular flexibility index (Phi) is 4.64. The van der Waals surface area contributed by atoms with Crippen LogP contribution in [0.1, 0.15) is 56.9 Å². The lowest BCUT2D eigenvalue weighted by Crippen LogP contribution is -2.42. The fraction of sp³-hybridized carbons (Fsp3) is 0.600. The van der Waals surface area contributed by atoms with E-state index in [4.69, 9.17) is 4.74 Å². The largest absolute Gasteiger partial charge is 0.490 e. The first kappa shape index (κ1) is 16.4. The summed E-state index contributed by atoms with van der Waals surface area (Å²) in [5.41, 5.74) is 2.19. The molecule has 2 fully saturated rings. The quantitative estimate of drug-likeness (QED) is 0.887. The second-order valence-electron chi connectivity index (χ2n) is 7.60. The predicted octanol–water partition coefficient (Wildman–Crippen LogP) is 3.87. The highest BCUT2D eigenvalue weighted by molar-refractivity contribution is 5.83. The number of nitrogens with one attached hydrogen (secondary N) is 2. The predicted molar refractivity (Wildman–Crippen MR) is 97.6 cm³/mol. The van der Waals surface area contributed by atoms with Crippen LogP contribution in [0.3, 0.4) is 0 Å². The van der Waals surface area contributed by atoms with Crippen molar-refractivity contribution in [3.63, 3.8) is 0 Å². The number of ether oxygens (including phenoxy) is 1. The fourth-order valence-electron chi connectivity index (χ4n) is 4.28. The van der Waals surface area contributed by atoms with Crippen LogP contribution in [0.4, 0.5) is 0 Å². The van der Waals surface area contributed by atoms with Crippen LogP contribution in [0.5, 0.6) is 5.75 Å². The summed E-state index contributed by atoms with van der Waals surface area (Å²) in [6, 6.07) is 4.38. The molecule has 2 saturated carbocycles. The number of fused-ring (bicyclic) bond motifs is 1. The van der Waals surface area contributed by atoms with Crippen molar-refractivity contribution in [2.45, 2.75) is 70.4 Å². The Morgan fingerprint density at radius 3 is 2.68 bits per heavy atom. The van der Waals surface area contributed by atoms with Gasteiger partial charge in [-0.15, -0.1) is 0 Å². The minimum atomic E-state index is 0.239. The first-order valence-electron chi connectivity index (χ1n) is 9.60. The minimum absolute atomic E-state index is 0.239.